The van der Waals surface area contributed by atoms with Crippen molar-refractivity contribution in [2.24, 2.45) is 0 Å². The average molecular weight is 339 g/mol. The van der Waals surface area contributed by atoms with E-state index in [0.29, 0.717) is 14.1 Å². The van der Waals surface area contributed by atoms with Crippen molar-refractivity contribution in [3.05, 3.63) is 78.9 Å². The van der Waals surface area contributed by atoms with Crippen molar-refractivity contribution >= 4 is 34.5 Å². The molecule has 2 nitrogen and oxygen atoms in total. The summed E-state index contributed by atoms with van der Waals surface area (Å²) >= 11 is 0. The fourth-order valence-corrected chi connectivity index (χ4v) is 3.64. The summed E-state index contributed by atoms with van der Waals surface area (Å²) in [5.41, 5.74) is 3.82. The second-order valence-electron chi connectivity index (χ2n) is 6.47. The zero-order valence-corrected chi connectivity index (χ0v) is 15.0. The molecule has 3 heteroatoms. The molecule has 0 saturated heterocycles. The van der Waals surface area contributed by atoms with Gasteiger partial charge >= 0.3 is 7.48 Å². The van der Waals surface area contributed by atoms with Crippen LogP contribution in [0.15, 0.2) is 78.9 Å². The Balaban J connectivity index is 1.97. The Morgan fingerprint density at radius 2 is 1.27 bits per heavy atom. The number of rotatable bonds is 6. The molecule has 0 saturated carbocycles. The van der Waals surface area contributed by atoms with Gasteiger partial charge in [-0.2, -0.15) is 0 Å². The second kappa shape index (κ2) is 7.73. The van der Waals surface area contributed by atoms with Gasteiger partial charge in [-0.05, 0) is 45.2 Å². The van der Waals surface area contributed by atoms with E-state index in [9.17, 15) is 0 Å². The van der Waals surface area contributed by atoms with Gasteiger partial charge in [0.2, 0.25) is 0 Å². The van der Waals surface area contributed by atoms with Gasteiger partial charge in [0.1, 0.15) is 0 Å². The lowest BCUT2D eigenvalue weighted by Crippen LogP contribution is -2.24. The molecule has 4 rings (SSSR count). The van der Waals surface area contributed by atoms with E-state index >= 15 is 0 Å². The Labute approximate surface area is 155 Å². The normalized spacial score (nSPS) is 11.1. The van der Waals surface area contributed by atoms with E-state index < -0.39 is 0 Å². The molecular weight excluding hydrogens is 317 g/mol. The smallest absolute Gasteiger partial charge is 0.309 e. The van der Waals surface area contributed by atoms with Crippen LogP contribution >= 0.6 is 0 Å². The fourth-order valence-electron chi connectivity index (χ4n) is 3.64. The highest BCUT2D eigenvalue weighted by Crippen LogP contribution is 2.35. The van der Waals surface area contributed by atoms with Crippen LogP contribution < -0.4 is 10.8 Å². The van der Waals surface area contributed by atoms with E-state index in [2.05, 4.69) is 84.2 Å². The van der Waals surface area contributed by atoms with E-state index in [0.717, 1.165) is 6.54 Å². The van der Waals surface area contributed by atoms with Crippen molar-refractivity contribution in [1.82, 2.24) is 5.32 Å². The zero-order valence-electron chi connectivity index (χ0n) is 15.0. The Morgan fingerprint density at radius 3 is 1.85 bits per heavy atom. The monoisotopic (exact) mass is 339 g/mol. The van der Waals surface area contributed by atoms with Crippen LogP contribution in [-0.4, -0.2) is 27.7 Å². The molecule has 0 heterocycles. The van der Waals surface area contributed by atoms with Crippen molar-refractivity contribution in [3.8, 4) is 11.1 Å². The number of hydrogen-bond acceptors (Lipinski definition) is 2. The Morgan fingerprint density at radius 1 is 0.731 bits per heavy atom. The van der Waals surface area contributed by atoms with Crippen LogP contribution in [0.1, 0.15) is 0 Å². The number of benzene rings is 4. The lowest BCUT2D eigenvalue weighted by molar-refractivity contribution is 0.342. The summed E-state index contributed by atoms with van der Waals surface area (Å²) in [5, 5.41) is 8.24. The predicted molar refractivity (Wildman–Crippen MR) is 114 cm³/mol. The van der Waals surface area contributed by atoms with Gasteiger partial charge in [-0.15, -0.1) is 0 Å². The quantitative estimate of drug-likeness (QED) is 0.327. The molecule has 0 amide bonds. The van der Waals surface area contributed by atoms with Crippen LogP contribution in [0.5, 0.6) is 0 Å². The third-order valence-corrected chi connectivity index (χ3v) is 4.85. The first-order chi connectivity index (χ1) is 12.9. The second-order valence-corrected chi connectivity index (χ2v) is 6.47. The molecule has 0 aromatic heterocycles. The first-order valence-corrected chi connectivity index (χ1v) is 9.10. The molecule has 0 spiro atoms. The predicted octanol–water partition coefficient (Wildman–Crippen LogP) is 3.87. The van der Waals surface area contributed by atoms with Gasteiger partial charge in [-0.3, -0.25) is 0 Å². The minimum Gasteiger partial charge on any atom is -0.433 e. The van der Waals surface area contributed by atoms with Gasteiger partial charge in [0.15, 0.2) is 0 Å². The topological polar surface area (TPSA) is 21.3 Å². The van der Waals surface area contributed by atoms with Crippen LogP contribution in [-0.2, 0) is 4.65 Å². The number of nitrogens with one attached hydrogen (secondary N) is 1. The highest BCUT2D eigenvalue weighted by molar-refractivity contribution is 6.56. The van der Waals surface area contributed by atoms with Gasteiger partial charge in [-0.1, -0.05) is 78.9 Å². The molecule has 4 aromatic carbocycles. The molecule has 0 aliphatic carbocycles. The molecule has 4 aromatic rings. The zero-order chi connectivity index (χ0) is 17.8. The third-order valence-electron chi connectivity index (χ3n) is 4.85. The summed E-state index contributed by atoms with van der Waals surface area (Å²) < 4.78 is 5.96. The van der Waals surface area contributed by atoms with E-state index in [4.69, 9.17) is 4.65 Å². The highest BCUT2D eigenvalue weighted by Gasteiger charge is 2.15. The Bertz CT molecular complexity index is 973. The molecule has 0 fully saturated rings. The van der Waals surface area contributed by atoms with Crippen LogP contribution in [0.25, 0.3) is 32.7 Å². The molecule has 0 radical (unpaired) electrons. The lowest BCUT2D eigenvalue weighted by atomic mass is 9.77. The molecule has 0 bridgehead atoms. The average Bonchev–Trinajstić information content (AvgIpc) is 2.71. The molecule has 0 unspecified atom stereocenters. The summed E-state index contributed by atoms with van der Waals surface area (Å²) in [6.07, 6.45) is 0. The Hall–Kier alpha value is -2.62. The van der Waals surface area contributed by atoms with Crippen LogP contribution in [0.3, 0.4) is 0 Å². The SMILES string of the molecule is CNCCOBc1c2ccccc2c(-c2ccccc2)c2ccccc12. The summed E-state index contributed by atoms with van der Waals surface area (Å²) in [6.45, 7) is 1.57. The van der Waals surface area contributed by atoms with E-state index in [1.54, 1.807) is 0 Å². The van der Waals surface area contributed by atoms with Crippen molar-refractivity contribution in [2.45, 2.75) is 0 Å². The van der Waals surface area contributed by atoms with E-state index in [1.165, 1.54) is 38.1 Å². The third kappa shape index (κ3) is 3.12. The minimum absolute atomic E-state index is 0.623. The van der Waals surface area contributed by atoms with Gasteiger partial charge in [0, 0.05) is 13.2 Å². The molecule has 1 N–H and O–H groups in total. The number of likely N-dealkylation sites (N-methyl/N-ethyl adjacent to an activating group) is 1. The summed E-state index contributed by atoms with van der Waals surface area (Å²) in [7, 11) is 2.57. The summed E-state index contributed by atoms with van der Waals surface area (Å²) in [6, 6.07) is 28.0. The molecular formula is C23H22BNO. The molecule has 128 valence electrons. The maximum absolute atomic E-state index is 5.96. The molecule has 26 heavy (non-hydrogen) atoms. The number of fused-ring (bicyclic) bond motifs is 2. The van der Waals surface area contributed by atoms with Crippen molar-refractivity contribution < 1.29 is 4.65 Å². The van der Waals surface area contributed by atoms with Crippen LogP contribution in [0.2, 0.25) is 0 Å². The van der Waals surface area contributed by atoms with Crippen molar-refractivity contribution in [2.75, 3.05) is 20.2 Å². The van der Waals surface area contributed by atoms with Crippen LogP contribution in [0, 0.1) is 0 Å². The fraction of sp³-hybridized carbons (Fsp3) is 0.130. The summed E-state index contributed by atoms with van der Waals surface area (Å²) in [5.74, 6) is 0. The molecule has 0 atom stereocenters. The van der Waals surface area contributed by atoms with Gasteiger partial charge in [0.05, 0.1) is 0 Å². The van der Waals surface area contributed by atoms with Crippen molar-refractivity contribution in [3.63, 3.8) is 0 Å². The maximum atomic E-state index is 5.96. The number of hydrogen-bond donors (Lipinski definition) is 1. The first kappa shape index (κ1) is 16.8. The van der Waals surface area contributed by atoms with Gasteiger partial charge in [-0.25, -0.2) is 0 Å². The lowest BCUT2D eigenvalue weighted by Gasteiger charge is -2.17. The summed E-state index contributed by atoms with van der Waals surface area (Å²) in [4.78, 5) is 0. The van der Waals surface area contributed by atoms with Crippen molar-refractivity contribution in [1.29, 1.82) is 0 Å². The van der Waals surface area contributed by atoms with E-state index in [-0.39, 0.29) is 0 Å². The molecule has 0 aliphatic rings. The molecule has 0 aliphatic heterocycles. The van der Waals surface area contributed by atoms with Crippen LogP contribution in [0.4, 0.5) is 0 Å². The van der Waals surface area contributed by atoms with Gasteiger partial charge in [0.25, 0.3) is 0 Å². The minimum atomic E-state index is 0.623. The standard InChI is InChI=1S/C23H22BNO/c1-25-15-16-26-24-23-20-13-7-5-11-18(20)22(17-9-3-2-4-10-17)19-12-6-8-14-21(19)23/h2-14,24-25H,15-16H2,1H3. The van der Waals surface area contributed by atoms with E-state index in [1.807, 2.05) is 7.05 Å². The first-order valence-electron chi connectivity index (χ1n) is 9.10. The largest absolute Gasteiger partial charge is 0.433 e. The Kier molecular flexibility index (Phi) is 5.01. The highest BCUT2D eigenvalue weighted by atomic mass is 16.4. The maximum Gasteiger partial charge on any atom is 0.309 e. The van der Waals surface area contributed by atoms with Gasteiger partial charge < -0.3 is 9.97 Å².